The third-order valence-electron chi connectivity index (χ3n) is 2.01. The van der Waals surface area contributed by atoms with Gasteiger partial charge in [0.25, 0.3) is 0 Å². The lowest BCUT2D eigenvalue weighted by Gasteiger charge is -2.28. The van der Waals surface area contributed by atoms with E-state index in [0.717, 1.165) is 0 Å². The summed E-state index contributed by atoms with van der Waals surface area (Å²) >= 11 is 0. The van der Waals surface area contributed by atoms with E-state index >= 15 is 0 Å². The zero-order valence-corrected chi connectivity index (χ0v) is 11.0. The minimum absolute atomic E-state index is 0.0918. The van der Waals surface area contributed by atoms with Crippen LogP contribution < -0.4 is 5.73 Å². The monoisotopic (exact) mass is 263 g/mol. The van der Waals surface area contributed by atoms with Gasteiger partial charge in [0.1, 0.15) is 0 Å². The topological polar surface area (TPSA) is 35.2 Å². The summed E-state index contributed by atoms with van der Waals surface area (Å²) in [4.78, 5) is 0. The van der Waals surface area contributed by atoms with Crippen molar-refractivity contribution in [2.75, 3.05) is 5.73 Å². The van der Waals surface area contributed by atoms with E-state index < -0.39 is 20.6 Å². The van der Waals surface area contributed by atoms with Crippen LogP contribution in [0.2, 0.25) is 19.6 Å². The SMILES string of the molecule is C[Si](C)(C)OC(c1ccc(N)cc1)C(F)(F)F. The van der Waals surface area contributed by atoms with Crippen molar-refractivity contribution in [1.29, 1.82) is 0 Å². The summed E-state index contributed by atoms with van der Waals surface area (Å²) in [5, 5.41) is 0. The van der Waals surface area contributed by atoms with Crippen molar-refractivity contribution in [3.63, 3.8) is 0 Å². The molecule has 0 aliphatic rings. The number of anilines is 1. The summed E-state index contributed by atoms with van der Waals surface area (Å²) in [6, 6.07) is 5.60. The first-order chi connectivity index (χ1) is 7.59. The van der Waals surface area contributed by atoms with Crippen molar-refractivity contribution < 1.29 is 17.6 Å². The molecule has 96 valence electrons. The third-order valence-corrected chi connectivity index (χ3v) is 2.95. The van der Waals surface area contributed by atoms with Gasteiger partial charge in [0.15, 0.2) is 14.4 Å². The highest BCUT2D eigenvalue weighted by Gasteiger charge is 2.43. The van der Waals surface area contributed by atoms with Crippen molar-refractivity contribution in [2.24, 2.45) is 0 Å². The molecule has 1 rings (SSSR count). The Bertz CT molecular complexity index is 370. The lowest BCUT2D eigenvalue weighted by atomic mass is 10.1. The molecule has 0 heterocycles. The molecule has 0 aliphatic heterocycles. The Kier molecular flexibility index (Phi) is 3.88. The molecule has 17 heavy (non-hydrogen) atoms. The molecule has 1 atom stereocenters. The highest BCUT2D eigenvalue weighted by atomic mass is 28.4. The number of nitrogens with two attached hydrogens (primary N) is 1. The van der Waals surface area contributed by atoms with Gasteiger partial charge in [-0.25, -0.2) is 0 Å². The van der Waals surface area contributed by atoms with Gasteiger partial charge >= 0.3 is 6.18 Å². The molecule has 0 fully saturated rings. The fourth-order valence-corrected chi connectivity index (χ4v) is 2.33. The quantitative estimate of drug-likeness (QED) is 0.666. The molecule has 0 bridgehead atoms. The first-order valence-corrected chi connectivity index (χ1v) is 8.60. The van der Waals surface area contributed by atoms with E-state index in [1.54, 1.807) is 19.6 Å². The minimum atomic E-state index is -4.41. The zero-order chi connectivity index (χ0) is 13.3. The molecule has 2 N–H and O–H groups in total. The number of rotatable bonds is 3. The second kappa shape index (κ2) is 4.70. The van der Waals surface area contributed by atoms with E-state index in [-0.39, 0.29) is 5.56 Å². The van der Waals surface area contributed by atoms with Crippen LogP contribution in [0.3, 0.4) is 0 Å². The van der Waals surface area contributed by atoms with Gasteiger partial charge in [-0.05, 0) is 37.3 Å². The second-order valence-corrected chi connectivity index (χ2v) is 9.28. The highest BCUT2D eigenvalue weighted by molar-refractivity contribution is 6.69. The molecular formula is C11H16F3NOSi. The standard InChI is InChI=1S/C11H16F3NOSi/c1-17(2,3)16-10(11(12,13)14)8-4-6-9(15)7-5-8/h4-7,10H,15H2,1-3H3. The van der Waals surface area contributed by atoms with Crippen molar-refractivity contribution in [3.05, 3.63) is 29.8 Å². The first-order valence-electron chi connectivity index (χ1n) is 5.19. The predicted molar refractivity (Wildman–Crippen MR) is 64.1 cm³/mol. The third kappa shape index (κ3) is 4.39. The molecule has 0 aliphatic carbocycles. The number of nitrogen functional groups attached to an aromatic ring is 1. The lowest BCUT2D eigenvalue weighted by molar-refractivity contribution is -0.200. The van der Waals surface area contributed by atoms with E-state index in [4.69, 9.17) is 10.2 Å². The van der Waals surface area contributed by atoms with Gasteiger partial charge in [0.2, 0.25) is 0 Å². The van der Waals surface area contributed by atoms with Gasteiger partial charge in [-0.3, -0.25) is 0 Å². The fourth-order valence-electron chi connectivity index (χ4n) is 1.35. The summed E-state index contributed by atoms with van der Waals surface area (Å²) in [6.07, 6.45) is -6.27. The summed E-state index contributed by atoms with van der Waals surface area (Å²) in [5.41, 5.74) is 5.97. The Balaban J connectivity index is 3.03. The molecule has 0 saturated heterocycles. The first kappa shape index (κ1) is 14.0. The zero-order valence-electron chi connectivity index (χ0n) is 10.0. The maximum Gasteiger partial charge on any atom is 0.417 e. The van der Waals surface area contributed by atoms with Crippen molar-refractivity contribution in [3.8, 4) is 0 Å². The van der Waals surface area contributed by atoms with Gasteiger partial charge in [-0.15, -0.1) is 0 Å². The summed E-state index contributed by atoms with van der Waals surface area (Å²) in [5.74, 6) is 0. The number of hydrogen-bond acceptors (Lipinski definition) is 2. The second-order valence-electron chi connectivity index (χ2n) is 4.82. The Morgan fingerprint density at radius 2 is 1.59 bits per heavy atom. The van der Waals surface area contributed by atoms with Crippen molar-refractivity contribution in [1.82, 2.24) is 0 Å². The van der Waals surface area contributed by atoms with Crippen molar-refractivity contribution >= 4 is 14.0 Å². The van der Waals surface area contributed by atoms with Crippen LogP contribution in [0.15, 0.2) is 24.3 Å². The smallest absolute Gasteiger partial charge is 0.403 e. The van der Waals surface area contributed by atoms with Gasteiger partial charge < -0.3 is 10.2 Å². The highest BCUT2D eigenvalue weighted by Crippen LogP contribution is 2.38. The van der Waals surface area contributed by atoms with Crippen LogP contribution >= 0.6 is 0 Å². The van der Waals surface area contributed by atoms with E-state index in [2.05, 4.69) is 0 Å². The molecular weight excluding hydrogens is 247 g/mol. The Hall–Kier alpha value is -1.01. The minimum Gasteiger partial charge on any atom is -0.403 e. The molecule has 0 spiro atoms. The molecule has 1 unspecified atom stereocenters. The molecule has 1 aromatic rings. The average molecular weight is 263 g/mol. The van der Waals surface area contributed by atoms with E-state index in [1.165, 1.54) is 24.3 Å². The Morgan fingerprint density at radius 3 is 1.94 bits per heavy atom. The van der Waals surface area contributed by atoms with Gasteiger partial charge in [0, 0.05) is 5.69 Å². The summed E-state index contributed by atoms with van der Waals surface area (Å²) in [6.45, 7) is 5.18. The molecule has 0 aromatic heterocycles. The average Bonchev–Trinajstić information content (AvgIpc) is 2.13. The lowest BCUT2D eigenvalue weighted by Crippen LogP contribution is -2.34. The maximum absolute atomic E-state index is 12.9. The molecule has 0 saturated carbocycles. The molecule has 1 aromatic carbocycles. The van der Waals surface area contributed by atoms with Crippen LogP contribution in [0.4, 0.5) is 18.9 Å². The predicted octanol–water partition coefficient (Wildman–Crippen LogP) is 3.72. The van der Waals surface area contributed by atoms with Crippen LogP contribution in [0.25, 0.3) is 0 Å². The molecule has 6 heteroatoms. The van der Waals surface area contributed by atoms with Crippen molar-refractivity contribution in [2.45, 2.75) is 31.9 Å². The summed E-state index contributed by atoms with van der Waals surface area (Å²) < 4.78 is 43.9. The van der Waals surface area contributed by atoms with E-state index in [1.807, 2.05) is 0 Å². The summed E-state index contributed by atoms with van der Waals surface area (Å²) in [7, 11) is -2.28. The maximum atomic E-state index is 12.9. The van der Waals surface area contributed by atoms with E-state index in [9.17, 15) is 13.2 Å². The number of hydrogen-bond donors (Lipinski definition) is 1. The van der Waals surface area contributed by atoms with Crippen LogP contribution in [-0.4, -0.2) is 14.5 Å². The van der Waals surface area contributed by atoms with Crippen LogP contribution in [0.5, 0.6) is 0 Å². The number of benzene rings is 1. The van der Waals surface area contributed by atoms with Crippen LogP contribution in [-0.2, 0) is 4.43 Å². The fraction of sp³-hybridized carbons (Fsp3) is 0.455. The largest absolute Gasteiger partial charge is 0.417 e. The number of halogens is 3. The van der Waals surface area contributed by atoms with Gasteiger partial charge in [-0.2, -0.15) is 13.2 Å². The van der Waals surface area contributed by atoms with Gasteiger partial charge in [0.05, 0.1) is 0 Å². The van der Waals surface area contributed by atoms with Crippen LogP contribution in [0, 0.1) is 0 Å². The normalized spacial score (nSPS) is 14.7. The number of alkyl halides is 3. The molecule has 0 amide bonds. The van der Waals surface area contributed by atoms with Crippen LogP contribution in [0.1, 0.15) is 11.7 Å². The Morgan fingerprint density at radius 1 is 1.12 bits per heavy atom. The Labute approximate surface area is 99.7 Å². The van der Waals surface area contributed by atoms with E-state index in [0.29, 0.717) is 5.69 Å². The van der Waals surface area contributed by atoms with Gasteiger partial charge in [-0.1, -0.05) is 12.1 Å². The molecule has 2 nitrogen and oxygen atoms in total. The molecule has 0 radical (unpaired) electrons.